The van der Waals surface area contributed by atoms with Crippen molar-refractivity contribution in [2.24, 2.45) is 0 Å². The summed E-state index contributed by atoms with van der Waals surface area (Å²) < 4.78 is 9.43. The van der Waals surface area contributed by atoms with E-state index in [1.54, 1.807) is 17.0 Å². The lowest BCUT2D eigenvalue weighted by Crippen LogP contribution is -2.35. The highest BCUT2D eigenvalue weighted by Crippen LogP contribution is 2.12. The van der Waals surface area contributed by atoms with E-state index in [0.717, 1.165) is 5.56 Å². The molecule has 0 aliphatic carbocycles. The summed E-state index contributed by atoms with van der Waals surface area (Å²) in [6.07, 6.45) is 0.152. The number of ether oxygens (including phenoxy) is 2. The minimum absolute atomic E-state index is 0.0191. The Morgan fingerprint density at radius 1 is 1.20 bits per heavy atom. The van der Waals surface area contributed by atoms with Crippen molar-refractivity contribution in [3.05, 3.63) is 34.9 Å². The lowest BCUT2D eigenvalue weighted by atomic mass is 10.2. The van der Waals surface area contributed by atoms with E-state index in [-0.39, 0.29) is 31.4 Å². The molecule has 0 aliphatic heterocycles. The Kier molecular flexibility index (Phi) is 7.04. The summed E-state index contributed by atoms with van der Waals surface area (Å²) in [7, 11) is 2.78. The average molecular weight is 300 g/mol. The van der Waals surface area contributed by atoms with Crippen LogP contribution in [0.15, 0.2) is 24.3 Å². The normalized spacial score (nSPS) is 10.2. The van der Waals surface area contributed by atoms with Crippen molar-refractivity contribution < 1.29 is 19.1 Å². The number of hydrogen-bond donors (Lipinski definition) is 0. The van der Waals surface area contributed by atoms with Gasteiger partial charge in [-0.2, -0.15) is 0 Å². The third-order valence-electron chi connectivity index (χ3n) is 2.72. The minimum atomic E-state index is -0.351. The SMILES string of the molecule is COCC(=O)N(CCC(=O)OC)Cc1ccc(Cl)cc1. The predicted octanol–water partition coefficient (Wildman–Crippen LogP) is 1.88. The highest BCUT2D eigenvalue weighted by atomic mass is 35.5. The highest BCUT2D eigenvalue weighted by molar-refractivity contribution is 6.30. The summed E-state index contributed by atoms with van der Waals surface area (Å²) in [4.78, 5) is 24.7. The number of benzene rings is 1. The number of esters is 1. The number of rotatable bonds is 7. The molecule has 1 rings (SSSR count). The van der Waals surface area contributed by atoms with Crippen LogP contribution in [0.1, 0.15) is 12.0 Å². The van der Waals surface area contributed by atoms with Crippen LogP contribution < -0.4 is 0 Å². The van der Waals surface area contributed by atoms with E-state index in [2.05, 4.69) is 4.74 Å². The first-order valence-corrected chi connectivity index (χ1v) is 6.52. The predicted molar refractivity (Wildman–Crippen MR) is 75.4 cm³/mol. The lowest BCUT2D eigenvalue weighted by molar-refractivity contribution is -0.142. The summed E-state index contributed by atoms with van der Waals surface area (Å²) in [6.45, 7) is 0.669. The summed E-state index contributed by atoms with van der Waals surface area (Å²) in [5, 5.41) is 0.637. The maximum atomic E-state index is 11.9. The third kappa shape index (κ3) is 5.59. The molecule has 0 fully saturated rings. The summed E-state index contributed by atoms with van der Waals surface area (Å²) >= 11 is 5.82. The second-order valence-electron chi connectivity index (χ2n) is 4.20. The number of methoxy groups -OCH3 is 2. The van der Waals surface area contributed by atoms with E-state index in [0.29, 0.717) is 11.6 Å². The average Bonchev–Trinajstić information content (AvgIpc) is 2.45. The zero-order chi connectivity index (χ0) is 15.0. The number of carbonyl (C=O) groups is 2. The van der Waals surface area contributed by atoms with E-state index in [1.807, 2.05) is 12.1 Å². The molecule has 110 valence electrons. The van der Waals surface area contributed by atoms with Crippen molar-refractivity contribution in [2.45, 2.75) is 13.0 Å². The van der Waals surface area contributed by atoms with Crippen LogP contribution in [-0.2, 0) is 25.6 Å². The van der Waals surface area contributed by atoms with Crippen LogP contribution in [0.5, 0.6) is 0 Å². The number of nitrogens with zero attached hydrogens (tertiary/aromatic N) is 1. The van der Waals surface area contributed by atoms with Crippen LogP contribution >= 0.6 is 11.6 Å². The molecule has 0 saturated heterocycles. The Morgan fingerprint density at radius 2 is 1.85 bits per heavy atom. The van der Waals surface area contributed by atoms with E-state index in [9.17, 15) is 9.59 Å². The largest absolute Gasteiger partial charge is 0.469 e. The molecular formula is C14H18ClNO4. The molecular weight excluding hydrogens is 282 g/mol. The van der Waals surface area contributed by atoms with Gasteiger partial charge in [0, 0.05) is 25.2 Å². The molecule has 20 heavy (non-hydrogen) atoms. The Morgan fingerprint density at radius 3 is 2.40 bits per heavy atom. The van der Waals surface area contributed by atoms with Crippen LogP contribution in [0.25, 0.3) is 0 Å². The summed E-state index contributed by atoms with van der Waals surface area (Å²) in [6, 6.07) is 7.20. The fraction of sp³-hybridized carbons (Fsp3) is 0.429. The molecule has 1 aromatic rings. The molecule has 0 spiro atoms. The molecule has 0 heterocycles. The molecule has 0 unspecified atom stereocenters. The third-order valence-corrected chi connectivity index (χ3v) is 2.97. The second-order valence-corrected chi connectivity index (χ2v) is 4.64. The van der Waals surface area contributed by atoms with Gasteiger partial charge >= 0.3 is 5.97 Å². The molecule has 5 nitrogen and oxygen atoms in total. The number of halogens is 1. The van der Waals surface area contributed by atoms with Crippen LogP contribution in [0.3, 0.4) is 0 Å². The van der Waals surface area contributed by atoms with Gasteiger partial charge in [-0.15, -0.1) is 0 Å². The molecule has 6 heteroatoms. The van der Waals surface area contributed by atoms with Gasteiger partial charge in [-0.1, -0.05) is 23.7 Å². The Bertz CT molecular complexity index is 447. The van der Waals surface area contributed by atoms with Gasteiger partial charge in [-0.3, -0.25) is 9.59 Å². The van der Waals surface area contributed by atoms with Gasteiger partial charge in [0.05, 0.1) is 13.5 Å². The Hall–Kier alpha value is -1.59. The zero-order valence-corrected chi connectivity index (χ0v) is 12.4. The maximum Gasteiger partial charge on any atom is 0.307 e. The first-order valence-electron chi connectivity index (χ1n) is 6.14. The van der Waals surface area contributed by atoms with Crippen LogP contribution in [-0.4, -0.2) is 44.1 Å². The molecule has 1 aromatic carbocycles. The fourth-order valence-electron chi connectivity index (χ4n) is 1.65. The van der Waals surface area contributed by atoms with Crippen molar-refractivity contribution >= 4 is 23.5 Å². The molecule has 0 aliphatic rings. The van der Waals surface area contributed by atoms with Crippen molar-refractivity contribution in [3.63, 3.8) is 0 Å². The highest BCUT2D eigenvalue weighted by Gasteiger charge is 2.15. The quantitative estimate of drug-likeness (QED) is 0.721. The summed E-state index contributed by atoms with van der Waals surface area (Å²) in [5.74, 6) is -0.525. The smallest absolute Gasteiger partial charge is 0.307 e. The van der Waals surface area contributed by atoms with Crippen molar-refractivity contribution in [1.29, 1.82) is 0 Å². The molecule has 0 atom stereocenters. The van der Waals surface area contributed by atoms with Crippen molar-refractivity contribution in [2.75, 3.05) is 27.4 Å². The van der Waals surface area contributed by atoms with Gasteiger partial charge in [0.2, 0.25) is 5.91 Å². The van der Waals surface area contributed by atoms with E-state index < -0.39 is 0 Å². The topological polar surface area (TPSA) is 55.8 Å². The molecule has 0 radical (unpaired) electrons. The maximum absolute atomic E-state index is 11.9. The molecule has 0 bridgehead atoms. The van der Waals surface area contributed by atoms with Gasteiger partial charge in [-0.25, -0.2) is 0 Å². The number of carbonyl (C=O) groups excluding carboxylic acids is 2. The fourth-order valence-corrected chi connectivity index (χ4v) is 1.77. The minimum Gasteiger partial charge on any atom is -0.469 e. The van der Waals surface area contributed by atoms with Gasteiger partial charge in [0.1, 0.15) is 6.61 Å². The van der Waals surface area contributed by atoms with Crippen LogP contribution in [0, 0.1) is 0 Å². The first kappa shape index (κ1) is 16.5. The van der Waals surface area contributed by atoms with Gasteiger partial charge < -0.3 is 14.4 Å². The van der Waals surface area contributed by atoms with Gasteiger partial charge in [-0.05, 0) is 17.7 Å². The second kappa shape index (κ2) is 8.55. The Balaban J connectivity index is 2.68. The first-order chi connectivity index (χ1) is 9.56. The monoisotopic (exact) mass is 299 g/mol. The summed E-state index contributed by atoms with van der Waals surface area (Å²) in [5.41, 5.74) is 0.934. The Labute approximate surface area is 123 Å². The number of hydrogen-bond acceptors (Lipinski definition) is 4. The molecule has 1 amide bonds. The molecule has 0 aromatic heterocycles. The van der Waals surface area contributed by atoms with Crippen molar-refractivity contribution in [1.82, 2.24) is 4.90 Å². The molecule has 0 N–H and O–H groups in total. The van der Waals surface area contributed by atoms with Crippen LogP contribution in [0.2, 0.25) is 5.02 Å². The van der Waals surface area contributed by atoms with Gasteiger partial charge in [0.15, 0.2) is 0 Å². The van der Waals surface area contributed by atoms with Crippen molar-refractivity contribution in [3.8, 4) is 0 Å². The lowest BCUT2D eigenvalue weighted by Gasteiger charge is -2.22. The van der Waals surface area contributed by atoms with E-state index in [1.165, 1.54) is 14.2 Å². The van der Waals surface area contributed by atoms with E-state index >= 15 is 0 Å². The standard InChI is InChI=1S/C14H18ClNO4/c1-19-10-13(17)16(8-7-14(18)20-2)9-11-3-5-12(15)6-4-11/h3-6H,7-10H2,1-2H3. The number of amides is 1. The molecule has 0 saturated carbocycles. The van der Waals surface area contributed by atoms with Crippen LogP contribution in [0.4, 0.5) is 0 Å². The van der Waals surface area contributed by atoms with E-state index in [4.69, 9.17) is 16.3 Å². The van der Waals surface area contributed by atoms with Gasteiger partial charge in [0.25, 0.3) is 0 Å². The zero-order valence-electron chi connectivity index (χ0n) is 11.6.